The summed E-state index contributed by atoms with van der Waals surface area (Å²) >= 11 is 0. The molecule has 5 unspecified atom stereocenters. The molecule has 0 aliphatic heterocycles. The van der Waals surface area contributed by atoms with Gasteiger partial charge in [0, 0.05) is 23.5 Å². The van der Waals surface area contributed by atoms with Crippen LogP contribution in [-0.4, -0.2) is 75.6 Å². The van der Waals surface area contributed by atoms with Crippen molar-refractivity contribution in [3.63, 3.8) is 0 Å². The average molecular weight is 519 g/mol. The molecule has 5 atom stereocenters. The van der Waals surface area contributed by atoms with Crippen LogP contribution < -0.4 is 27.4 Å². The van der Waals surface area contributed by atoms with Gasteiger partial charge in [-0.25, -0.2) is 4.79 Å². The van der Waals surface area contributed by atoms with Gasteiger partial charge in [0.25, 0.3) is 0 Å². The number of aliphatic hydroxyl groups is 1. The fourth-order valence-corrected chi connectivity index (χ4v) is 3.71. The summed E-state index contributed by atoms with van der Waals surface area (Å²) in [5.74, 6) is -5.05. The molecule has 0 radical (unpaired) electrons. The summed E-state index contributed by atoms with van der Waals surface area (Å²) in [7, 11) is 0. The lowest BCUT2D eigenvalue weighted by molar-refractivity contribution is -0.143. The Morgan fingerprint density at radius 3 is 2.24 bits per heavy atom. The van der Waals surface area contributed by atoms with E-state index in [0.29, 0.717) is 12.0 Å². The normalized spacial score (nSPS) is 15.1. The Morgan fingerprint density at radius 1 is 1.00 bits per heavy atom. The summed E-state index contributed by atoms with van der Waals surface area (Å²) in [4.78, 5) is 64.7. The van der Waals surface area contributed by atoms with E-state index in [0.717, 1.165) is 10.9 Å². The maximum atomic E-state index is 13.3. The third-order valence-corrected chi connectivity index (χ3v) is 6.08. The van der Waals surface area contributed by atoms with Crippen LogP contribution in [-0.2, 0) is 30.4 Å². The fraction of sp³-hybridized carbons (Fsp3) is 0.458. The summed E-state index contributed by atoms with van der Waals surface area (Å²) in [6, 6.07) is 2.09. The second-order valence-electron chi connectivity index (χ2n) is 8.86. The number of hydrogen-bond donors (Lipinski definition) is 8. The fourth-order valence-electron chi connectivity index (χ4n) is 3.71. The number of aliphatic carboxylic acids is 1. The van der Waals surface area contributed by atoms with Gasteiger partial charge < -0.3 is 42.6 Å². The van der Waals surface area contributed by atoms with Crippen molar-refractivity contribution >= 4 is 40.5 Å². The summed E-state index contributed by atoms with van der Waals surface area (Å²) in [5.41, 5.74) is 12.1. The molecule has 2 aromatic rings. The van der Waals surface area contributed by atoms with Crippen LogP contribution in [0.1, 0.15) is 32.3 Å². The van der Waals surface area contributed by atoms with E-state index < -0.39 is 66.8 Å². The van der Waals surface area contributed by atoms with Gasteiger partial charge in [-0.15, -0.1) is 0 Å². The first-order valence-corrected chi connectivity index (χ1v) is 11.8. The van der Waals surface area contributed by atoms with Crippen LogP contribution >= 0.6 is 0 Å². The SMILES string of the molecule is CCC(C)C(NC(=O)C(N)CO)C(=O)NC(Cc1c[nH]c2ccccc12)C(=O)NC(CC(N)=O)C(=O)O. The molecule has 0 fully saturated rings. The molecule has 4 amide bonds. The molecule has 0 aliphatic carbocycles. The van der Waals surface area contributed by atoms with Crippen molar-refractivity contribution in [2.45, 2.75) is 57.3 Å². The van der Waals surface area contributed by atoms with Gasteiger partial charge in [-0.3, -0.25) is 19.2 Å². The minimum absolute atomic E-state index is 0.0260. The van der Waals surface area contributed by atoms with Gasteiger partial charge in [-0.05, 0) is 17.5 Å². The van der Waals surface area contributed by atoms with Crippen LogP contribution in [0.5, 0.6) is 0 Å². The molecule has 0 saturated heterocycles. The molecule has 202 valence electrons. The molecule has 0 saturated carbocycles. The zero-order chi connectivity index (χ0) is 27.7. The highest BCUT2D eigenvalue weighted by Gasteiger charge is 2.33. The standard InChI is InChI=1S/C24H34N6O7/c1-3-12(2)20(30-21(33)15(25)11-31)23(35)28-17(22(34)29-18(24(36)37)9-19(26)32)8-13-10-27-16-7-5-4-6-14(13)16/h4-7,10,12,15,17-18,20,27,31H,3,8-9,11,25H2,1-2H3,(H2,26,32)(H,28,35)(H,29,34)(H,30,33)(H,36,37). The number of aromatic amines is 1. The smallest absolute Gasteiger partial charge is 0.326 e. The van der Waals surface area contributed by atoms with Crippen molar-refractivity contribution in [1.82, 2.24) is 20.9 Å². The van der Waals surface area contributed by atoms with Crippen LogP contribution in [0.15, 0.2) is 30.5 Å². The highest BCUT2D eigenvalue weighted by molar-refractivity contribution is 5.95. The first-order valence-electron chi connectivity index (χ1n) is 11.8. The summed E-state index contributed by atoms with van der Waals surface area (Å²) in [6.07, 6.45) is 1.50. The number of fused-ring (bicyclic) bond motifs is 1. The quantitative estimate of drug-likeness (QED) is 0.146. The Labute approximate surface area is 213 Å². The van der Waals surface area contributed by atoms with Gasteiger partial charge in [0.15, 0.2) is 0 Å². The van der Waals surface area contributed by atoms with Gasteiger partial charge in [-0.1, -0.05) is 38.5 Å². The topological polar surface area (TPSA) is 230 Å². The van der Waals surface area contributed by atoms with Crippen molar-refractivity contribution in [1.29, 1.82) is 0 Å². The van der Waals surface area contributed by atoms with Crippen molar-refractivity contribution in [3.8, 4) is 0 Å². The Morgan fingerprint density at radius 2 is 1.65 bits per heavy atom. The predicted octanol–water partition coefficient (Wildman–Crippen LogP) is -1.51. The summed E-state index contributed by atoms with van der Waals surface area (Å²) in [5, 5.41) is 26.7. The zero-order valence-corrected chi connectivity index (χ0v) is 20.7. The summed E-state index contributed by atoms with van der Waals surface area (Å²) < 4.78 is 0. The largest absolute Gasteiger partial charge is 0.480 e. The Kier molecular flexibility index (Phi) is 10.6. The zero-order valence-electron chi connectivity index (χ0n) is 20.7. The van der Waals surface area contributed by atoms with Gasteiger partial charge in [0.1, 0.15) is 24.2 Å². The number of hydrogen-bond acceptors (Lipinski definition) is 7. The van der Waals surface area contributed by atoms with Crippen LogP contribution in [0.3, 0.4) is 0 Å². The molecular weight excluding hydrogens is 484 g/mol. The molecule has 13 heteroatoms. The first-order chi connectivity index (χ1) is 17.5. The van der Waals surface area contributed by atoms with E-state index in [2.05, 4.69) is 20.9 Å². The predicted molar refractivity (Wildman–Crippen MR) is 134 cm³/mol. The number of amides is 4. The van der Waals surface area contributed by atoms with Gasteiger partial charge >= 0.3 is 5.97 Å². The highest BCUT2D eigenvalue weighted by atomic mass is 16.4. The number of primary amides is 1. The van der Waals surface area contributed by atoms with Gasteiger partial charge in [-0.2, -0.15) is 0 Å². The number of aliphatic hydroxyl groups excluding tert-OH is 1. The summed E-state index contributed by atoms with van der Waals surface area (Å²) in [6.45, 7) is 2.90. The molecule has 0 bridgehead atoms. The number of para-hydroxylation sites is 1. The van der Waals surface area contributed by atoms with E-state index in [1.165, 1.54) is 0 Å². The molecule has 1 aromatic carbocycles. The number of benzene rings is 1. The molecule has 1 aromatic heterocycles. The van der Waals surface area contributed by atoms with Gasteiger partial charge in [0.05, 0.1) is 13.0 Å². The van der Waals surface area contributed by atoms with E-state index in [1.807, 2.05) is 18.2 Å². The van der Waals surface area contributed by atoms with E-state index >= 15 is 0 Å². The van der Waals surface area contributed by atoms with Crippen molar-refractivity contribution in [2.75, 3.05) is 6.61 Å². The Balaban J connectivity index is 2.35. The maximum absolute atomic E-state index is 13.3. The maximum Gasteiger partial charge on any atom is 0.326 e. The van der Waals surface area contributed by atoms with Crippen molar-refractivity contribution in [2.24, 2.45) is 17.4 Å². The van der Waals surface area contributed by atoms with E-state index in [-0.39, 0.29) is 12.3 Å². The number of rotatable bonds is 14. The van der Waals surface area contributed by atoms with Gasteiger partial charge in [0.2, 0.25) is 23.6 Å². The second-order valence-corrected chi connectivity index (χ2v) is 8.86. The van der Waals surface area contributed by atoms with Crippen LogP contribution in [0, 0.1) is 5.92 Å². The molecular formula is C24H34N6O7. The van der Waals surface area contributed by atoms with E-state index in [9.17, 15) is 29.1 Å². The van der Waals surface area contributed by atoms with Crippen molar-refractivity contribution < 1.29 is 34.2 Å². The number of carboxylic acid groups (broad SMARTS) is 1. The second kappa shape index (κ2) is 13.4. The van der Waals surface area contributed by atoms with Crippen LogP contribution in [0.25, 0.3) is 10.9 Å². The number of aromatic nitrogens is 1. The number of nitrogens with two attached hydrogens (primary N) is 2. The molecule has 1 heterocycles. The Hall–Kier alpha value is -3.97. The Bertz CT molecular complexity index is 1130. The lowest BCUT2D eigenvalue weighted by atomic mass is 9.96. The monoisotopic (exact) mass is 518 g/mol. The highest BCUT2D eigenvalue weighted by Crippen LogP contribution is 2.19. The third-order valence-electron chi connectivity index (χ3n) is 6.08. The third kappa shape index (κ3) is 8.02. The van der Waals surface area contributed by atoms with E-state index in [1.54, 1.807) is 26.1 Å². The van der Waals surface area contributed by atoms with Crippen LogP contribution in [0.4, 0.5) is 0 Å². The van der Waals surface area contributed by atoms with Crippen molar-refractivity contribution in [3.05, 3.63) is 36.0 Å². The minimum atomic E-state index is -1.60. The molecule has 2 rings (SSSR count). The lowest BCUT2D eigenvalue weighted by Crippen LogP contribution is -2.59. The van der Waals surface area contributed by atoms with Crippen LogP contribution in [0.2, 0.25) is 0 Å². The molecule has 37 heavy (non-hydrogen) atoms. The number of carbonyl (C=O) groups is 5. The molecule has 13 nitrogen and oxygen atoms in total. The van der Waals surface area contributed by atoms with E-state index in [4.69, 9.17) is 16.6 Å². The molecule has 0 spiro atoms. The minimum Gasteiger partial charge on any atom is -0.480 e. The number of carboxylic acids is 1. The molecule has 10 N–H and O–H groups in total. The number of H-pyrrole nitrogens is 1. The first kappa shape index (κ1) is 29.3. The lowest BCUT2D eigenvalue weighted by Gasteiger charge is -2.27. The number of carbonyl (C=O) groups excluding carboxylic acids is 4. The average Bonchev–Trinajstić information content (AvgIpc) is 3.27. The molecule has 0 aliphatic rings. The number of nitrogens with one attached hydrogen (secondary N) is 4.